The first kappa shape index (κ1) is 15.8. The Balaban J connectivity index is 2.03. The van der Waals surface area contributed by atoms with Crippen molar-refractivity contribution in [3.63, 3.8) is 0 Å². The highest BCUT2D eigenvalue weighted by Crippen LogP contribution is 2.29. The lowest BCUT2D eigenvalue weighted by molar-refractivity contribution is -0.0270. The van der Waals surface area contributed by atoms with E-state index in [1.54, 1.807) is 4.68 Å². The molecule has 5 heteroatoms. The number of nitrogens with zero attached hydrogens (tertiary/aromatic N) is 2. The van der Waals surface area contributed by atoms with Gasteiger partial charge < -0.3 is 10.2 Å². The standard InChI is InChI=1S/C15H25ClN2O2/c1-3-11-14(16)12(18(2)17-11)9-13(19)15(20)10-7-5-4-6-8-10/h10,13,15,19-20H,3-9H2,1-2H3. The molecular formula is C15H25ClN2O2. The number of aromatic nitrogens is 2. The van der Waals surface area contributed by atoms with Gasteiger partial charge in [-0.25, -0.2) is 0 Å². The third-order valence-electron chi connectivity index (χ3n) is 4.43. The SMILES string of the molecule is CCc1nn(C)c(CC(O)C(O)C2CCCCC2)c1Cl. The summed E-state index contributed by atoms with van der Waals surface area (Å²) in [6.07, 6.45) is 5.28. The van der Waals surface area contributed by atoms with Crippen molar-refractivity contribution < 1.29 is 10.2 Å². The molecule has 0 saturated heterocycles. The van der Waals surface area contributed by atoms with Crippen molar-refractivity contribution in [2.24, 2.45) is 13.0 Å². The lowest BCUT2D eigenvalue weighted by atomic mass is 9.82. The van der Waals surface area contributed by atoms with Crippen LogP contribution < -0.4 is 0 Å². The van der Waals surface area contributed by atoms with Gasteiger partial charge in [0.25, 0.3) is 0 Å². The molecule has 1 heterocycles. The molecule has 20 heavy (non-hydrogen) atoms. The smallest absolute Gasteiger partial charge is 0.0857 e. The van der Waals surface area contributed by atoms with Crippen LogP contribution in [0.5, 0.6) is 0 Å². The number of halogens is 1. The molecule has 0 radical (unpaired) electrons. The van der Waals surface area contributed by atoms with Gasteiger partial charge >= 0.3 is 0 Å². The van der Waals surface area contributed by atoms with E-state index in [4.69, 9.17) is 11.6 Å². The van der Waals surface area contributed by atoms with Crippen molar-refractivity contribution in [3.8, 4) is 0 Å². The van der Waals surface area contributed by atoms with Gasteiger partial charge in [0.15, 0.2) is 0 Å². The van der Waals surface area contributed by atoms with Crippen molar-refractivity contribution in [3.05, 3.63) is 16.4 Å². The summed E-state index contributed by atoms with van der Waals surface area (Å²) in [6, 6.07) is 0. The van der Waals surface area contributed by atoms with Crippen molar-refractivity contribution >= 4 is 11.6 Å². The van der Waals surface area contributed by atoms with E-state index in [1.807, 2.05) is 14.0 Å². The van der Waals surface area contributed by atoms with Gasteiger partial charge in [0, 0.05) is 13.5 Å². The molecule has 1 aliphatic rings. The van der Waals surface area contributed by atoms with Crippen LogP contribution in [0.4, 0.5) is 0 Å². The Bertz CT molecular complexity index is 441. The average Bonchev–Trinajstić information content (AvgIpc) is 2.74. The highest BCUT2D eigenvalue weighted by molar-refractivity contribution is 6.31. The zero-order chi connectivity index (χ0) is 14.7. The molecule has 114 valence electrons. The van der Waals surface area contributed by atoms with E-state index in [0.717, 1.165) is 43.5 Å². The molecule has 4 nitrogen and oxygen atoms in total. The first-order valence-electron chi connectivity index (χ1n) is 7.61. The highest BCUT2D eigenvalue weighted by atomic mass is 35.5. The van der Waals surface area contributed by atoms with Gasteiger partial charge in [-0.3, -0.25) is 4.68 Å². The predicted molar refractivity (Wildman–Crippen MR) is 79.9 cm³/mol. The van der Waals surface area contributed by atoms with E-state index in [2.05, 4.69) is 5.10 Å². The van der Waals surface area contributed by atoms with E-state index < -0.39 is 12.2 Å². The normalized spacial score (nSPS) is 20.1. The fourth-order valence-corrected chi connectivity index (χ4v) is 3.52. The van der Waals surface area contributed by atoms with Crippen LogP contribution in [-0.4, -0.2) is 32.2 Å². The molecule has 1 aliphatic carbocycles. The minimum atomic E-state index is -0.768. The Hall–Kier alpha value is -0.580. The Morgan fingerprint density at radius 2 is 1.95 bits per heavy atom. The summed E-state index contributed by atoms with van der Waals surface area (Å²) in [7, 11) is 1.83. The minimum absolute atomic E-state index is 0.219. The first-order chi connectivity index (χ1) is 9.54. The molecule has 2 N–H and O–H groups in total. The van der Waals surface area contributed by atoms with Crippen molar-refractivity contribution in [2.45, 2.75) is 64.1 Å². The van der Waals surface area contributed by atoms with E-state index in [-0.39, 0.29) is 5.92 Å². The van der Waals surface area contributed by atoms with Gasteiger partial charge in [-0.15, -0.1) is 0 Å². The number of hydrogen-bond acceptors (Lipinski definition) is 3. The highest BCUT2D eigenvalue weighted by Gasteiger charge is 2.29. The maximum absolute atomic E-state index is 10.3. The number of aryl methyl sites for hydroxylation is 2. The van der Waals surface area contributed by atoms with Gasteiger partial charge in [0.1, 0.15) is 0 Å². The van der Waals surface area contributed by atoms with Crippen LogP contribution in [0.25, 0.3) is 0 Å². The lowest BCUT2D eigenvalue weighted by Crippen LogP contribution is -2.36. The second-order valence-electron chi connectivity index (χ2n) is 5.84. The summed E-state index contributed by atoms with van der Waals surface area (Å²) in [4.78, 5) is 0. The zero-order valence-electron chi connectivity index (χ0n) is 12.3. The Labute approximate surface area is 125 Å². The summed E-state index contributed by atoms with van der Waals surface area (Å²) >= 11 is 6.29. The fourth-order valence-electron chi connectivity index (χ4n) is 3.15. The number of aliphatic hydroxyl groups is 2. The molecule has 1 fully saturated rings. The molecule has 2 atom stereocenters. The molecule has 1 aromatic rings. The number of aliphatic hydroxyl groups excluding tert-OH is 2. The van der Waals surface area contributed by atoms with Gasteiger partial charge in [-0.1, -0.05) is 37.8 Å². The maximum Gasteiger partial charge on any atom is 0.0857 e. The largest absolute Gasteiger partial charge is 0.390 e. The molecule has 1 saturated carbocycles. The number of rotatable bonds is 5. The topological polar surface area (TPSA) is 58.3 Å². The monoisotopic (exact) mass is 300 g/mol. The molecule has 1 aromatic heterocycles. The number of hydrogen-bond donors (Lipinski definition) is 2. The first-order valence-corrected chi connectivity index (χ1v) is 7.98. The third-order valence-corrected chi connectivity index (χ3v) is 4.87. The van der Waals surface area contributed by atoms with Crippen LogP contribution in [0.1, 0.15) is 50.4 Å². The molecule has 0 aliphatic heterocycles. The molecule has 0 amide bonds. The lowest BCUT2D eigenvalue weighted by Gasteiger charge is -2.29. The van der Waals surface area contributed by atoms with E-state index in [1.165, 1.54) is 6.42 Å². The van der Waals surface area contributed by atoms with Gasteiger partial charge in [0.05, 0.1) is 28.6 Å². The maximum atomic E-state index is 10.3. The van der Waals surface area contributed by atoms with Crippen LogP contribution >= 0.6 is 11.6 Å². The molecule has 0 spiro atoms. The molecule has 2 unspecified atom stereocenters. The van der Waals surface area contributed by atoms with Crippen molar-refractivity contribution in [1.82, 2.24) is 9.78 Å². The van der Waals surface area contributed by atoms with E-state index >= 15 is 0 Å². The summed E-state index contributed by atoms with van der Waals surface area (Å²) < 4.78 is 1.72. The second-order valence-corrected chi connectivity index (χ2v) is 6.22. The Morgan fingerprint density at radius 1 is 1.30 bits per heavy atom. The van der Waals surface area contributed by atoms with Gasteiger partial charge in [-0.2, -0.15) is 5.10 Å². The molecule has 2 rings (SSSR count). The molecular weight excluding hydrogens is 276 g/mol. The van der Waals surface area contributed by atoms with Crippen molar-refractivity contribution in [1.29, 1.82) is 0 Å². The van der Waals surface area contributed by atoms with Crippen LogP contribution in [-0.2, 0) is 19.9 Å². The fraction of sp³-hybridized carbons (Fsp3) is 0.800. The summed E-state index contributed by atoms with van der Waals surface area (Å²) in [5.41, 5.74) is 1.66. The van der Waals surface area contributed by atoms with E-state index in [0.29, 0.717) is 11.4 Å². The van der Waals surface area contributed by atoms with Crippen LogP contribution in [0.2, 0.25) is 5.02 Å². The van der Waals surface area contributed by atoms with Crippen LogP contribution in [0.3, 0.4) is 0 Å². The van der Waals surface area contributed by atoms with Crippen LogP contribution in [0, 0.1) is 5.92 Å². The minimum Gasteiger partial charge on any atom is -0.390 e. The van der Waals surface area contributed by atoms with Gasteiger partial charge in [-0.05, 0) is 25.2 Å². The molecule has 0 bridgehead atoms. The zero-order valence-corrected chi connectivity index (χ0v) is 13.1. The quantitative estimate of drug-likeness (QED) is 0.878. The summed E-state index contributed by atoms with van der Waals surface area (Å²) in [5.74, 6) is 0.219. The Morgan fingerprint density at radius 3 is 2.50 bits per heavy atom. The second kappa shape index (κ2) is 6.92. The molecule has 0 aromatic carbocycles. The third kappa shape index (κ3) is 3.35. The summed E-state index contributed by atoms with van der Waals surface area (Å²) in [6.45, 7) is 2.01. The van der Waals surface area contributed by atoms with Gasteiger partial charge in [0.2, 0.25) is 0 Å². The Kier molecular flexibility index (Phi) is 5.47. The average molecular weight is 301 g/mol. The van der Waals surface area contributed by atoms with Crippen molar-refractivity contribution in [2.75, 3.05) is 0 Å². The summed E-state index contributed by atoms with van der Waals surface area (Å²) in [5, 5.41) is 25.6. The van der Waals surface area contributed by atoms with Crippen LogP contribution in [0.15, 0.2) is 0 Å². The van der Waals surface area contributed by atoms with E-state index in [9.17, 15) is 10.2 Å². The predicted octanol–water partition coefficient (Wildman–Crippen LogP) is 2.48.